The normalized spacial score (nSPS) is 11.5. The average Bonchev–Trinajstić information content (AvgIpc) is 2.86. The average molecular weight is 220 g/mol. The van der Waals surface area contributed by atoms with E-state index in [2.05, 4.69) is 39.4 Å². The first-order valence-corrected chi connectivity index (χ1v) is 5.40. The van der Waals surface area contributed by atoms with Gasteiger partial charge in [-0.2, -0.15) is 0 Å². The van der Waals surface area contributed by atoms with E-state index in [0.717, 1.165) is 22.1 Å². The molecular weight excluding hydrogens is 212 g/mol. The zero-order valence-electron chi connectivity index (χ0n) is 8.91. The van der Waals surface area contributed by atoms with Gasteiger partial charge in [0.2, 0.25) is 0 Å². The molecule has 4 nitrogen and oxygen atoms in total. The number of rotatable bonds is 0. The lowest BCUT2D eigenvalue weighted by molar-refractivity contribution is 1.05. The molecule has 80 valence electrons. The van der Waals surface area contributed by atoms with Gasteiger partial charge in [-0.05, 0) is 11.5 Å². The Kier molecular flexibility index (Phi) is 1.53. The van der Waals surface area contributed by atoms with Gasteiger partial charge < -0.3 is 0 Å². The van der Waals surface area contributed by atoms with E-state index in [9.17, 15) is 0 Å². The van der Waals surface area contributed by atoms with Crippen molar-refractivity contribution in [3.05, 3.63) is 48.9 Å². The number of hydrogen-bond acceptors (Lipinski definition) is 3. The molecule has 4 heteroatoms. The minimum absolute atomic E-state index is 0.771. The first kappa shape index (κ1) is 8.64. The monoisotopic (exact) mass is 220 g/mol. The molecule has 0 aliphatic rings. The van der Waals surface area contributed by atoms with Gasteiger partial charge in [-0.3, -0.25) is 4.40 Å². The van der Waals surface area contributed by atoms with Crippen LogP contribution in [0.1, 0.15) is 0 Å². The minimum Gasteiger partial charge on any atom is -0.280 e. The van der Waals surface area contributed by atoms with Crippen LogP contribution >= 0.6 is 0 Å². The fourth-order valence-electron chi connectivity index (χ4n) is 2.19. The third kappa shape index (κ3) is 1.09. The van der Waals surface area contributed by atoms with Crippen molar-refractivity contribution in [2.24, 2.45) is 0 Å². The Balaban J connectivity index is 2.34. The maximum atomic E-state index is 4.30. The second kappa shape index (κ2) is 3.01. The van der Waals surface area contributed by atoms with Crippen LogP contribution in [0, 0.1) is 0 Å². The van der Waals surface area contributed by atoms with Crippen LogP contribution in [0.3, 0.4) is 0 Å². The van der Waals surface area contributed by atoms with E-state index < -0.39 is 0 Å². The molecule has 0 saturated carbocycles. The van der Waals surface area contributed by atoms with E-state index in [-0.39, 0.29) is 0 Å². The number of hydrogen-bond donors (Lipinski definition) is 0. The molecular formula is C13H8N4. The molecule has 0 amide bonds. The summed E-state index contributed by atoms with van der Waals surface area (Å²) in [5.41, 5.74) is 2.72. The van der Waals surface area contributed by atoms with Crippen LogP contribution in [0.15, 0.2) is 48.9 Å². The van der Waals surface area contributed by atoms with Crippen LogP contribution in [0.4, 0.5) is 0 Å². The van der Waals surface area contributed by atoms with Crippen LogP contribution in [0.2, 0.25) is 0 Å². The second-order valence-corrected chi connectivity index (χ2v) is 3.98. The summed E-state index contributed by atoms with van der Waals surface area (Å²) < 4.78 is 1.95. The lowest BCUT2D eigenvalue weighted by Gasteiger charge is -2.03. The quantitative estimate of drug-likeness (QED) is 0.427. The Hall–Kier alpha value is -2.49. The van der Waals surface area contributed by atoms with Crippen molar-refractivity contribution in [2.75, 3.05) is 0 Å². The van der Waals surface area contributed by atoms with E-state index in [1.165, 1.54) is 5.39 Å². The third-order valence-corrected chi connectivity index (χ3v) is 3.01. The van der Waals surface area contributed by atoms with Crippen LogP contribution in [-0.2, 0) is 0 Å². The highest BCUT2D eigenvalue weighted by Gasteiger charge is 2.05. The molecule has 4 rings (SSSR count). The topological polar surface area (TPSA) is 43.1 Å². The van der Waals surface area contributed by atoms with Crippen LogP contribution in [0.5, 0.6) is 0 Å². The highest BCUT2D eigenvalue weighted by molar-refractivity contribution is 6.04. The van der Waals surface area contributed by atoms with Crippen LogP contribution < -0.4 is 0 Å². The van der Waals surface area contributed by atoms with Gasteiger partial charge in [-0.1, -0.05) is 30.3 Å². The first-order chi connectivity index (χ1) is 8.43. The van der Waals surface area contributed by atoms with Gasteiger partial charge in [-0.15, -0.1) is 10.2 Å². The van der Waals surface area contributed by atoms with Gasteiger partial charge in [0.25, 0.3) is 0 Å². The number of nitrogens with zero attached hydrogens (tertiary/aromatic N) is 4. The highest BCUT2D eigenvalue weighted by Crippen LogP contribution is 2.23. The van der Waals surface area contributed by atoms with Crippen LogP contribution in [0.25, 0.3) is 27.5 Å². The lowest BCUT2D eigenvalue weighted by atomic mass is 10.1. The maximum absolute atomic E-state index is 4.30. The molecule has 0 radical (unpaired) electrons. The minimum atomic E-state index is 0.771. The summed E-state index contributed by atoms with van der Waals surface area (Å²) in [7, 11) is 0. The Morgan fingerprint density at radius 1 is 0.941 bits per heavy atom. The molecule has 17 heavy (non-hydrogen) atoms. The fraction of sp³-hybridized carbons (Fsp3) is 0. The van der Waals surface area contributed by atoms with Crippen molar-refractivity contribution in [1.82, 2.24) is 19.6 Å². The molecule has 0 spiro atoms. The molecule has 2 aromatic heterocycles. The van der Waals surface area contributed by atoms with Crippen molar-refractivity contribution in [3.63, 3.8) is 0 Å². The van der Waals surface area contributed by atoms with Gasteiger partial charge in [0.05, 0.1) is 11.7 Å². The number of benzene rings is 2. The third-order valence-electron chi connectivity index (χ3n) is 3.01. The van der Waals surface area contributed by atoms with Crippen molar-refractivity contribution in [3.8, 4) is 0 Å². The van der Waals surface area contributed by atoms with Crippen molar-refractivity contribution < 1.29 is 0 Å². The van der Waals surface area contributed by atoms with E-state index in [4.69, 9.17) is 0 Å². The molecule has 2 aromatic carbocycles. The molecule has 0 atom stereocenters. The standard InChI is InChI=1S/C13H8N4/c1-2-4-10-9(3-1)5-6-11-13(10)16-15-12-7-14-8-17(11)12/h1-8H. The first-order valence-electron chi connectivity index (χ1n) is 5.40. The predicted octanol–water partition coefficient (Wildman–Crippen LogP) is 2.43. The number of fused-ring (bicyclic) bond motifs is 5. The van der Waals surface area contributed by atoms with Gasteiger partial charge in [0, 0.05) is 5.39 Å². The van der Waals surface area contributed by atoms with Gasteiger partial charge in [0.15, 0.2) is 5.65 Å². The maximum Gasteiger partial charge on any atom is 0.179 e. The molecule has 0 aliphatic heterocycles. The number of imidazole rings is 1. The smallest absolute Gasteiger partial charge is 0.179 e. The van der Waals surface area contributed by atoms with Crippen molar-refractivity contribution in [1.29, 1.82) is 0 Å². The fourth-order valence-corrected chi connectivity index (χ4v) is 2.19. The summed E-state index contributed by atoms with van der Waals surface area (Å²) in [6.07, 6.45) is 3.47. The summed E-state index contributed by atoms with van der Waals surface area (Å²) >= 11 is 0. The molecule has 2 heterocycles. The van der Waals surface area contributed by atoms with Gasteiger partial charge >= 0.3 is 0 Å². The molecule has 0 bridgehead atoms. The Bertz CT molecular complexity index is 848. The largest absolute Gasteiger partial charge is 0.280 e. The Morgan fingerprint density at radius 2 is 1.88 bits per heavy atom. The molecule has 0 aliphatic carbocycles. The van der Waals surface area contributed by atoms with E-state index in [1.807, 2.05) is 16.5 Å². The van der Waals surface area contributed by atoms with E-state index in [1.54, 1.807) is 12.5 Å². The zero-order chi connectivity index (χ0) is 11.2. The van der Waals surface area contributed by atoms with Gasteiger partial charge in [0.1, 0.15) is 11.8 Å². The summed E-state index contributed by atoms with van der Waals surface area (Å²) in [5, 5.41) is 10.8. The second-order valence-electron chi connectivity index (χ2n) is 3.98. The number of aromatic nitrogens is 4. The van der Waals surface area contributed by atoms with Crippen molar-refractivity contribution in [2.45, 2.75) is 0 Å². The van der Waals surface area contributed by atoms with E-state index in [0.29, 0.717) is 0 Å². The molecule has 0 saturated heterocycles. The highest BCUT2D eigenvalue weighted by atomic mass is 15.2. The van der Waals surface area contributed by atoms with E-state index >= 15 is 0 Å². The summed E-state index contributed by atoms with van der Waals surface area (Å²) in [6, 6.07) is 12.3. The van der Waals surface area contributed by atoms with Gasteiger partial charge in [-0.25, -0.2) is 4.98 Å². The SMILES string of the molecule is c1ccc2c(c1)ccc1c2nnc2cncn21. The summed E-state index contributed by atoms with van der Waals surface area (Å²) in [4.78, 5) is 4.09. The predicted molar refractivity (Wildman–Crippen MR) is 65.8 cm³/mol. The molecule has 0 N–H and O–H groups in total. The Labute approximate surface area is 96.5 Å². The Morgan fingerprint density at radius 3 is 2.88 bits per heavy atom. The zero-order valence-corrected chi connectivity index (χ0v) is 8.91. The van der Waals surface area contributed by atoms with Crippen LogP contribution in [-0.4, -0.2) is 19.6 Å². The summed E-state index contributed by atoms with van der Waals surface area (Å²) in [5.74, 6) is 0. The van der Waals surface area contributed by atoms with Crippen molar-refractivity contribution >= 4 is 27.5 Å². The molecule has 0 fully saturated rings. The lowest BCUT2D eigenvalue weighted by Crippen LogP contribution is -1.93. The molecule has 0 unspecified atom stereocenters. The summed E-state index contributed by atoms with van der Waals surface area (Å²) in [6.45, 7) is 0. The molecule has 4 aromatic rings.